The fourth-order valence-electron chi connectivity index (χ4n) is 2.61. The Morgan fingerprint density at radius 2 is 1.75 bits per heavy atom. The smallest absolute Gasteiger partial charge is 0.352 e. The Labute approximate surface area is 161 Å². The molecule has 8 nitrogen and oxygen atoms in total. The third-order valence-electron chi connectivity index (χ3n) is 3.92. The molecule has 0 bridgehead atoms. The summed E-state index contributed by atoms with van der Waals surface area (Å²) in [5.41, 5.74) is 0.426. The Kier molecular flexibility index (Phi) is 6.11. The summed E-state index contributed by atoms with van der Waals surface area (Å²) >= 11 is 0. The summed E-state index contributed by atoms with van der Waals surface area (Å²) in [5.74, 6) is -0.587. The van der Waals surface area contributed by atoms with Gasteiger partial charge in [-0.3, -0.25) is 10.1 Å². The van der Waals surface area contributed by atoms with Gasteiger partial charge in [0, 0.05) is 12.1 Å². The second-order valence-electron chi connectivity index (χ2n) is 5.94. The van der Waals surface area contributed by atoms with Crippen molar-refractivity contribution >= 4 is 17.9 Å². The Morgan fingerprint density at radius 1 is 1.07 bits per heavy atom. The first-order valence-electron chi connectivity index (χ1n) is 8.81. The van der Waals surface area contributed by atoms with E-state index < -0.39 is 30.1 Å². The molecule has 2 aromatic carbocycles. The van der Waals surface area contributed by atoms with Gasteiger partial charge >= 0.3 is 12.0 Å². The number of amides is 3. The summed E-state index contributed by atoms with van der Waals surface area (Å²) in [7, 11) is 0. The summed E-state index contributed by atoms with van der Waals surface area (Å²) in [6.45, 7) is 2.02. The molecule has 0 unspecified atom stereocenters. The summed E-state index contributed by atoms with van der Waals surface area (Å²) in [5, 5.41) is 4.62. The van der Waals surface area contributed by atoms with Gasteiger partial charge in [-0.2, -0.15) is 0 Å². The minimum Gasteiger partial charge on any atom is -0.485 e. The lowest BCUT2D eigenvalue weighted by Crippen LogP contribution is -2.44. The van der Waals surface area contributed by atoms with Gasteiger partial charge in [-0.1, -0.05) is 42.5 Å². The quantitative estimate of drug-likeness (QED) is 0.764. The largest absolute Gasteiger partial charge is 0.485 e. The second kappa shape index (κ2) is 8.90. The number of urea groups is 1. The molecule has 0 radical (unpaired) electrons. The van der Waals surface area contributed by atoms with Crippen LogP contribution in [0.3, 0.4) is 0 Å². The minimum atomic E-state index is -1.31. The van der Waals surface area contributed by atoms with E-state index in [1.54, 1.807) is 61.5 Å². The van der Waals surface area contributed by atoms with Gasteiger partial charge in [-0.15, -0.1) is 0 Å². The predicted octanol–water partition coefficient (Wildman–Crippen LogP) is 1.96. The highest BCUT2D eigenvalue weighted by molar-refractivity contribution is 5.98. The third kappa shape index (κ3) is 4.59. The van der Waals surface area contributed by atoms with Crippen molar-refractivity contribution < 1.29 is 28.6 Å². The van der Waals surface area contributed by atoms with Crippen LogP contribution in [0.5, 0.6) is 11.5 Å². The molecule has 0 fully saturated rings. The fraction of sp³-hybridized carbons (Fsp3) is 0.250. The highest BCUT2D eigenvalue weighted by Crippen LogP contribution is 2.31. The minimum absolute atomic E-state index is 0.0463. The Bertz CT molecular complexity index is 855. The van der Waals surface area contributed by atoms with E-state index in [2.05, 4.69) is 10.6 Å². The van der Waals surface area contributed by atoms with Gasteiger partial charge in [0.2, 0.25) is 12.2 Å². The summed E-state index contributed by atoms with van der Waals surface area (Å²) in [4.78, 5) is 36.8. The van der Waals surface area contributed by atoms with Crippen molar-refractivity contribution in [2.75, 3.05) is 13.2 Å². The molecule has 0 saturated carbocycles. The van der Waals surface area contributed by atoms with Crippen molar-refractivity contribution in [3.63, 3.8) is 0 Å². The van der Waals surface area contributed by atoms with E-state index in [-0.39, 0.29) is 6.61 Å². The molecule has 0 aliphatic carbocycles. The normalized spacial score (nSPS) is 15.8. The van der Waals surface area contributed by atoms with Crippen LogP contribution in [0.1, 0.15) is 18.6 Å². The number of hydrogen-bond donors (Lipinski definition) is 2. The second-order valence-corrected chi connectivity index (χ2v) is 5.94. The molecule has 2 N–H and O–H groups in total. The van der Waals surface area contributed by atoms with Crippen molar-refractivity contribution in [1.82, 2.24) is 10.6 Å². The molecular weight excluding hydrogens is 364 g/mol. The number of fused-ring (bicyclic) bond motifs is 1. The maximum Gasteiger partial charge on any atom is 0.352 e. The van der Waals surface area contributed by atoms with Crippen LogP contribution in [0.4, 0.5) is 4.79 Å². The predicted molar refractivity (Wildman–Crippen MR) is 98.8 cm³/mol. The van der Waals surface area contributed by atoms with Crippen molar-refractivity contribution in [2.45, 2.75) is 19.1 Å². The number of ether oxygens (including phenoxy) is 3. The summed E-state index contributed by atoms with van der Waals surface area (Å²) in [6, 6.07) is 14.7. The van der Waals surface area contributed by atoms with E-state index in [1.807, 2.05) is 0 Å². The SMILES string of the molecule is CCNC(=O)NC(=O)[C@@H](OC(=O)[C@@H]1COc2ccccc2O1)c1ccccc1. The van der Waals surface area contributed by atoms with Gasteiger partial charge in [0.15, 0.2) is 11.5 Å². The van der Waals surface area contributed by atoms with Crippen LogP contribution >= 0.6 is 0 Å². The number of esters is 1. The molecule has 146 valence electrons. The van der Waals surface area contributed by atoms with Gasteiger partial charge in [0.05, 0.1) is 0 Å². The number of carbonyl (C=O) groups is 3. The van der Waals surface area contributed by atoms with E-state index in [0.717, 1.165) is 0 Å². The van der Waals surface area contributed by atoms with Gasteiger partial charge in [0.25, 0.3) is 5.91 Å². The van der Waals surface area contributed by atoms with Crippen molar-refractivity contribution in [2.24, 2.45) is 0 Å². The molecule has 8 heteroatoms. The maximum absolute atomic E-state index is 12.6. The van der Waals surface area contributed by atoms with E-state index in [0.29, 0.717) is 23.6 Å². The molecule has 1 heterocycles. The number of para-hydroxylation sites is 2. The van der Waals surface area contributed by atoms with E-state index in [4.69, 9.17) is 14.2 Å². The molecule has 2 aromatic rings. The van der Waals surface area contributed by atoms with E-state index in [9.17, 15) is 14.4 Å². The molecule has 28 heavy (non-hydrogen) atoms. The van der Waals surface area contributed by atoms with Crippen LogP contribution in [-0.2, 0) is 14.3 Å². The molecule has 0 aromatic heterocycles. The van der Waals surface area contributed by atoms with Crippen molar-refractivity contribution in [1.29, 1.82) is 0 Å². The van der Waals surface area contributed by atoms with E-state index >= 15 is 0 Å². The zero-order valence-corrected chi connectivity index (χ0v) is 15.2. The first kappa shape index (κ1) is 19.2. The van der Waals surface area contributed by atoms with Crippen LogP contribution in [0.2, 0.25) is 0 Å². The number of benzene rings is 2. The van der Waals surface area contributed by atoms with Crippen LogP contribution in [-0.4, -0.2) is 37.2 Å². The highest BCUT2D eigenvalue weighted by atomic mass is 16.6. The monoisotopic (exact) mass is 384 g/mol. The number of rotatable bonds is 5. The first-order valence-corrected chi connectivity index (χ1v) is 8.81. The zero-order chi connectivity index (χ0) is 19.9. The molecule has 3 amide bonds. The number of hydrogen-bond acceptors (Lipinski definition) is 6. The molecule has 0 saturated heterocycles. The number of nitrogens with one attached hydrogen (secondary N) is 2. The van der Waals surface area contributed by atoms with Crippen molar-refractivity contribution in [3.05, 3.63) is 60.2 Å². The molecule has 1 aliphatic heterocycles. The third-order valence-corrected chi connectivity index (χ3v) is 3.92. The number of carbonyl (C=O) groups excluding carboxylic acids is 3. The molecule has 2 atom stereocenters. The average Bonchev–Trinajstić information content (AvgIpc) is 2.72. The number of imide groups is 1. The summed E-state index contributed by atoms with van der Waals surface area (Å²) in [6.07, 6.45) is -2.34. The van der Waals surface area contributed by atoms with Gasteiger partial charge in [0.1, 0.15) is 6.61 Å². The maximum atomic E-state index is 12.6. The molecule has 3 rings (SSSR count). The van der Waals surface area contributed by atoms with Crippen LogP contribution in [0.15, 0.2) is 54.6 Å². The zero-order valence-electron chi connectivity index (χ0n) is 15.2. The van der Waals surface area contributed by atoms with Crippen LogP contribution < -0.4 is 20.1 Å². The van der Waals surface area contributed by atoms with Gasteiger partial charge in [-0.25, -0.2) is 9.59 Å². The van der Waals surface area contributed by atoms with Crippen LogP contribution in [0, 0.1) is 0 Å². The standard InChI is InChI=1S/C20H20N2O6/c1-2-21-20(25)22-18(23)17(13-8-4-3-5-9-13)28-19(24)16-12-26-14-10-6-7-11-15(14)27-16/h3-11,16-17H,2,12H2,1H3,(H2,21,22,23,25)/t16-,17-/m0/s1. The van der Waals surface area contributed by atoms with E-state index in [1.165, 1.54) is 0 Å². The average molecular weight is 384 g/mol. The molecule has 0 spiro atoms. The Morgan fingerprint density at radius 3 is 2.46 bits per heavy atom. The topological polar surface area (TPSA) is 103 Å². The lowest BCUT2D eigenvalue weighted by atomic mass is 10.1. The van der Waals surface area contributed by atoms with Crippen LogP contribution in [0.25, 0.3) is 0 Å². The van der Waals surface area contributed by atoms with Gasteiger partial charge < -0.3 is 19.5 Å². The first-order chi connectivity index (χ1) is 13.6. The fourth-order valence-corrected chi connectivity index (χ4v) is 2.61. The summed E-state index contributed by atoms with van der Waals surface area (Å²) < 4.78 is 16.5. The molecule has 1 aliphatic rings. The molecular formula is C20H20N2O6. The van der Waals surface area contributed by atoms with Gasteiger partial charge in [-0.05, 0) is 19.1 Å². The lowest BCUT2D eigenvalue weighted by molar-refractivity contribution is -0.165. The van der Waals surface area contributed by atoms with Crippen molar-refractivity contribution in [3.8, 4) is 11.5 Å². The highest BCUT2D eigenvalue weighted by Gasteiger charge is 2.34. The Hall–Kier alpha value is -3.55. The lowest BCUT2D eigenvalue weighted by Gasteiger charge is -2.26. The Balaban J connectivity index is 1.73.